The van der Waals surface area contributed by atoms with Gasteiger partial charge in [0, 0.05) is 24.9 Å². The van der Waals surface area contributed by atoms with Crippen LogP contribution in [0.1, 0.15) is 17.5 Å². The molecule has 3 nitrogen and oxygen atoms in total. The fourth-order valence-electron chi connectivity index (χ4n) is 2.73. The Morgan fingerprint density at radius 2 is 1.43 bits per heavy atom. The molecule has 23 heavy (non-hydrogen) atoms. The highest BCUT2D eigenvalue weighted by molar-refractivity contribution is 5.93. The van der Waals surface area contributed by atoms with Crippen molar-refractivity contribution in [2.45, 2.75) is 19.5 Å². The molecule has 3 heteroatoms. The molecule has 0 spiro atoms. The molecule has 0 saturated carbocycles. The molecule has 0 radical (unpaired) electrons. The minimum atomic E-state index is 0.646. The van der Waals surface area contributed by atoms with Gasteiger partial charge in [-0.25, -0.2) is 0 Å². The van der Waals surface area contributed by atoms with Gasteiger partial charge in [0.1, 0.15) is 0 Å². The first-order chi connectivity index (χ1) is 11.3. The van der Waals surface area contributed by atoms with Crippen LogP contribution in [0.4, 0.5) is 0 Å². The molecular formula is C20H19N3. The van der Waals surface area contributed by atoms with Crippen LogP contribution in [0.15, 0.2) is 84.6 Å². The van der Waals surface area contributed by atoms with Gasteiger partial charge in [0.2, 0.25) is 0 Å². The molecule has 2 aromatic rings. The summed E-state index contributed by atoms with van der Waals surface area (Å²) in [5, 5.41) is 0. The van der Waals surface area contributed by atoms with Crippen LogP contribution in [0.25, 0.3) is 5.53 Å². The average molecular weight is 301 g/mol. The largest absolute Gasteiger partial charge is 0.366 e. The summed E-state index contributed by atoms with van der Waals surface area (Å²) in [6, 6.07) is 20.9. The zero-order valence-corrected chi connectivity index (χ0v) is 13.0. The van der Waals surface area contributed by atoms with Crippen LogP contribution in [0.5, 0.6) is 0 Å². The summed E-state index contributed by atoms with van der Waals surface area (Å²) in [6.45, 7) is 1.65. The monoisotopic (exact) mass is 301 g/mol. The Morgan fingerprint density at radius 1 is 0.870 bits per heavy atom. The molecule has 0 saturated heterocycles. The summed E-state index contributed by atoms with van der Waals surface area (Å²) in [6.07, 6.45) is 6.52. The normalized spacial score (nSPS) is 13.4. The maximum absolute atomic E-state index is 9.06. The summed E-state index contributed by atoms with van der Waals surface area (Å²) in [4.78, 5) is 5.69. The van der Waals surface area contributed by atoms with Crippen molar-refractivity contribution in [2.24, 2.45) is 0 Å². The topological polar surface area (TPSA) is 39.6 Å². The summed E-state index contributed by atoms with van der Waals surface area (Å²) in [5.74, 6) is 0. The Morgan fingerprint density at radius 3 is 1.96 bits per heavy atom. The Kier molecular flexibility index (Phi) is 4.82. The van der Waals surface area contributed by atoms with E-state index in [9.17, 15) is 0 Å². The number of nitrogens with zero attached hydrogens (tertiary/aromatic N) is 3. The Hall–Kier alpha value is -2.90. The van der Waals surface area contributed by atoms with Crippen molar-refractivity contribution in [1.29, 1.82) is 0 Å². The van der Waals surface area contributed by atoms with Gasteiger partial charge in [-0.3, -0.25) is 0 Å². The van der Waals surface area contributed by atoms with Crippen LogP contribution in [0, 0.1) is 0 Å². The van der Waals surface area contributed by atoms with E-state index in [2.05, 4.69) is 64.3 Å². The van der Waals surface area contributed by atoms with Gasteiger partial charge in [-0.05, 0) is 17.2 Å². The molecule has 0 bridgehead atoms. The Balaban J connectivity index is 1.85. The standard InChI is InChI=1S/C20H19N3/c21-22-19-12-7-13-20(14-19)23(15-17-8-3-1-4-9-17)16-18-10-5-2-6-11-18/h1-13H,14-16H2. The minimum Gasteiger partial charge on any atom is -0.366 e. The van der Waals surface area contributed by atoms with E-state index in [1.54, 1.807) is 0 Å². The molecule has 114 valence electrons. The molecule has 0 fully saturated rings. The number of rotatable bonds is 5. The molecule has 0 aromatic heterocycles. The third-order valence-electron chi connectivity index (χ3n) is 3.91. The highest BCUT2D eigenvalue weighted by atomic mass is 15.1. The van der Waals surface area contributed by atoms with E-state index in [4.69, 9.17) is 5.53 Å². The van der Waals surface area contributed by atoms with E-state index >= 15 is 0 Å². The molecule has 1 aliphatic rings. The lowest BCUT2D eigenvalue weighted by molar-refractivity contribution is -0.00620. The maximum Gasteiger partial charge on any atom is 0.297 e. The van der Waals surface area contributed by atoms with E-state index in [1.165, 1.54) is 11.1 Å². The van der Waals surface area contributed by atoms with Gasteiger partial charge in [-0.15, -0.1) is 0 Å². The molecule has 0 heterocycles. The van der Waals surface area contributed by atoms with Gasteiger partial charge >= 0.3 is 0 Å². The average Bonchev–Trinajstić information content (AvgIpc) is 2.63. The van der Waals surface area contributed by atoms with Crippen LogP contribution < -0.4 is 0 Å². The highest BCUT2D eigenvalue weighted by Crippen LogP contribution is 2.20. The second kappa shape index (κ2) is 7.39. The SMILES string of the molecule is [N-]=[N+]=C1C=CC=C(N(Cc2ccccc2)Cc2ccccc2)C1. The molecular weight excluding hydrogens is 282 g/mol. The van der Waals surface area contributed by atoms with Crippen molar-refractivity contribution in [2.75, 3.05) is 0 Å². The van der Waals surface area contributed by atoms with Crippen LogP contribution in [-0.2, 0) is 13.1 Å². The van der Waals surface area contributed by atoms with Crippen LogP contribution in [0.2, 0.25) is 0 Å². The number of hydrogen-bond donors (Lipinski definition) is 0. The van der Waals surface area contributed by atoms with Crippen LogP contribution in [0.3, 0.4) is 0 Å². The van der Waals surface area contributed by atoms with Crippen molar-refractivity contribution < 1.29 is 4.79 Å². The van der Waals surface area contributed by atoms with Gasteiger partial charge in [0.05, 0.1) is 6.42 Å². The second-order valence-electron chi connectivity index (χ2n) is 5.61. The smallest absolute Gasteiger partial charge is 0.297 e. The fraction of sp³-hybridized carbons (Fsp3) is 0.150. The lowest BCUT2D eigenvalue weighted by atomic mass is 10.1. The Bertz CT molecular complexity index is 712. The summed E-state index contributed by atoms with van der Waals surface area (Å²) < 4.78 is 0. The zero-order chi connectivity index (χ0) is 15.9. The second-order valence-corrected chi connectivity index (χ2v) is 5.61. The van der Waals surface area contributed by atoms with E-state index in [0.29, 0.717) is 12.1 Å². The summed E-state index contributed by atoms with van der Waals surface area (Å²) >= 11 is 0. The predicted molar refractivity (Wildman–Crippen MR) is 92.6 cm³/mol. The fourth-order valence-corrected chi connectivity index (χ4v) is 2.73. The van der Waals surface area contributed by atoms with E-state index in [1.807, 2.05) is 24.3 Å². The maximum atomic E-state index is 9.06. The van der Waals surface area contributed by atoms with Gasteiger partial charge in [-0.2, -0.15) is 4.79 Å². The molecule has 0 amide bonds. The zero-order valence-electron chi connectivity index (χ0n) is 13.0. The van der Waals surface area contributed by atoms with E-state index in [0.717, 1.165) is 18.8 Å². The first-order valence-corrected chi connectivity index (χ1v) is 7.76. The third kappa shape index (κ3) is 4.06. The molecule has 0 unspecified atom stereocenters. The highest BCUT2D eigenvalue weighted by Gasteiger charge is 2.18. The molecule has 2 aromatic carbocycles. The van der Waals surface area contributed by atoms with E-state index in [-0.39, 0.29) is 0 Å². The van der Waals surface area contributed by atoms with Crippen molar-refractivity contribution in [3.05, 3.63) is 101 Å². The van der Waals surface area contributed by atoms with Crippen LogP contribution in [-0.4, -0.2) is 15.4 Å². The number of benzene rings is 2. The quantitative estimate of drug-likeness (QED) is 0.602. The summed E-state index contributed by atoms with van der Waals surface area (Å²) in [7, 11) is 0. The Labute approximate surface area is 136 Å². The van der Waals surface area contributed by atoms with Crippen molar-refractivity contribution >= 4 is 5.71 Å². The minimum absolute atomic E-state index is 0.646. The predicted octanol–water partition coefficient (Wildman–Crippen LogP) is 4.20. The molecule has 0 atom stereocenters. The summed E-state index contributed by atoms with van der Waals surface area (Å²) in [5.41, 5.74) is 13.4. The van der Waals surface area contributed by atoms with Gasteiger partial charge in [0.25, 0.3) is 5.71 Å². The van der Waals surface area contributed by atoms with Gasteiger partial charge in [-0.1, -0.05) is 66.7 Å². The third-order valence-corrected chi connectivity index (χ3v) is 3.91. The molecule has 0 aliphatic heterocycles. The van der Waals surface area contributed by atoms with Gasteiger partial charge < -0.3 is 10.4 Å². The lowest BCUT2D eigenvalue weighted by Gasteiger charge is -2.28. The first-order valence-electron chi connectivity index (χ1n) is 7.76. The molecule has 1 aliphatic carbocycles. The van der Waals surface area contributed by atoms with Crippen molar-refractivity contribution in [3.8, 4) is 0 Å². The molecule has 0 N–H and O–H groups in total. The van der Waals surface area contributed by atoms with Gasteiger partial charge in [0.15, 0.2) is 0 Å². The van der Waals surface area contributed by atoms with Crippen molar-refractivity contribution in [3.63, 3.8) is 0 Å². The first kappa shape index (κ1) is 15.0. The van der Waals surface area contributed by atoms with E-state index < -0.39 is 0 Å². The van der Waals surface area contributed by atoms with Crippen molar-refractivity contribution in [1.82, 2.24) is 4.90 Å². The number of hydrogen-bond acceptors (Lipinski definition) is 1. The lowest BCUT2D eigenvalue weighted by Crippen LogP contribution is -2.24. The number of allylic oxidation sites excluding steroid dienone is 4. The van der Waals surface area contributed by atoms with Crippen LogP contribution >= 0.6 is 0 Å². The molecule has 3 rings (SSSR count).